The van der Waals surface area contributed by atoms with Crippen LogP contribution in [-0.4, -0.2) is 70.8 Å². The molecule has 8 nitrogen and oxygen atoms in total. The highest BCUT2D eigenvalue weighted by molar-refractivity contribution is 5.95. The van der Waals surface area contributed by atoms with Gasteiger partial charge in [0.25, 0.3) is 0 Å². The molecular formula is C41H47F2N5O3. The Kier molecular flexibility index (Phi) is 13.3. The Bertz CT molecular complexity index is 1810. The molecule has 0 aliphatic rings. The summed E-state index contributed by atoms with van der Waals surface area (Å²) in [5.41, 5.74) is 10.6. The number of rotatable bonds is 15. The van der Waals surface area contributed by atoms with E-state index in [0.717, 1.165) is 40.0 Å². The number of nitrogens with zero attached hydrogens (tertiary/aromatic N) is 3. The zero-order valence-corrected chi connectivity index (χ0v) is 29.9. The number of carbonyl (C=O) groups excluding carboxylic acids is 3. The van der Waals surface area contributed by atoms with E-state index in [4.69, 9.17) is 5.73 Å². The monoisotopic (exact) mass is 695 g/mol. The minimum atomic E-state index is -1.10. The number of hydrogen-bond acceptors (Lipinski definition) is 5. The third-order valence-electron chi connectivity index (χ3n) is 8.69. The van der Waals surface area contributed by atoms with Gasteiger partial charge in [-0.3, -0.25) is 19.4 Å². The lowest BCUT2D eigenvalue weighted by atomic mass is 9.96. The Morgan fingerprint density at radius 1 is 0.804 bits per heavy atom. The predicted molar refractivity (Wildman–Crippen MR) is 196 cm³/mol. The topological polar surface area (TPSA) is 109 Å². The van der Waals surface area contributed by atoms with Gasteiger partial charge in [0.2, 0.25) is 17.7 Å². The fourth-order valence-electron chi connectivity index (χ4n) is 5.99. The van der Waals surface area contributed by atoms with Gasteiger partial charge in [0.1, 0.15) is 12.1 Å². The minimum Gasteiger partial charge on any atom is -0.354 e. The van der Waals surface area contributed by atoms with Crippen molar-refractivity contribution in [1.82, 2.24) is 20.1 Å². The predicted octanol–water partition coefficient (Wildman–Crippen LogP) is 5.90. The molecule has 0 spiro atoms. The van der Waals surface area contributed by atoms with Crippen molar-refractivity contribution in [2.75, 3.05) is 20.6 Å². The summed E-state index contributed by atoms with van der Waals surface area (Å²) in [5.74, 6) is -3.40. The number of hydrogen-bond donors (Lipinski definition) is 2. The largest absolute Gasteiger partial charge is 0.354 e. The number of halogens is 2. The summed E-state index contributed by atoms with van der Waals surface area (Å²) >= 11 is 0. The van der Waals surface area contributed by atoms with Crippen molar-refractivity contribution >= 4 is 17.7 Å². The van der Waals surface area contributed by atoms with E-state index >= 15 is 0 Å². The molecule has 0 saturated heterocycles. The molecule has 268 valence electrons. The van der Waals surface area contributed by atoms with E-state index in [-0.39, 0.29) is 25.3 Å². The van der Waals surface area contributed by atoms with Crippen LogP contribution in [0.1, 0.15) is 43.9 Å². The molecule has 2 atom stereocenters. The molecule has 4 aromatic rings. The number of aromatic nitrogens is 1. The van der Waals surface area contributed by atoms with Crippen molar-refractivity contribution in [3.05, 3.63) is 137 Å². The van der Waals surface area contributed by atoms with Crippen molar-refractivity contribution in [2.45, 2.75) is 64.1 Å². The lowest BCUT2D eigenvalue weighted by molar-refractivity contribution is -0.146. The van der Waals surface area contributed by atoms with Gasteiger partial charge >= 0.3 is 0 Å². The summed E-state index contributed by atoms with van der Waals surface area (Å²) in [7, 11) is 3.06. The highest BCUT2D eigenvalue weighted by atomic mass is 19.2. The van der Waals surface area contributed by atoms with Gasteiger partial charge in [-0.15, -0.1) is 0 Å². The Balaban J connectivity index is 1.64. The van der Waals surface area contributed by atoms with Crippen LogP contribution < -0.4 is 11.1 Å². The van der Waals surface area contributed by atoms with Gasteiger partial charge in [0, 0.05) is 57.5 Å². The molecule has 1 heterocycles. The summed E-state index contributed by atoms with van der Waals surface area (Å²) < 4.78 is 28.1. The first-order valence-electron chi connectivity index (χ1n) is 17.0. The van der Waals surface area contributed by atoms with Crippen molar-refractivity contribution < 1.29 is 23.2 Å². The van der Waals surface area contributed by atoms with Crippen LogP contribution in [0.4, 0.5) is 8.78 Å². The summed E-state index contributed by atoms with van der Waals surface area (Å²) in [5, 5.41) is 2.90. The highest BCUT2D eigenvalue weighted by Crippen LogP contribution is 2.22. The fraction of sp³-hybridized carbons (Fsp3) is 0.317. The van der Waals surface area contributed by atoms with Gasteiger partial charge in [-0.2, -0.15) is 0 Å². The van der Waals surface area contributed by atoms with Crippen LogP contribution in [0.25, 0.3) is 11.1 Å². The lowest BCUT2D eigenvalue weighted by Gasteiger charge is -2.34. The quantitative estimate of drug-likeness (QED) is 0.151. The van der Waals surface area contributed by atoms with Crippen molar-refractivity contribution in [2.24, 2.45) is 5.73 Å². The maximum Gasteiger partial charge on any atom is 0.246 e. The summed E-state index contributed by atoms with van der Waals surface area (Å²) in [6, 6.07) is 22.7. The van der Waals surface area contributed by atoms with Crippen molar-refractivity contribution in [3.8, 4) is 11.1 Å². The average molecular weight is 696 g/mol. The van der Waals surface area contributed by atoms with Crippen LogP contribution in [0.5, 0.6) is 0 Å². The van der Waals surface area contributed by atoms with Gasteiger partial charge in [0.15, 0.2) is 11.6 Å². The smallest absolute Gasteiger partial charge is 0.246 e. The Morgan fingerprint density at radius 3 is 2.04 bits per heavy atom. The Morgan fingerprint density at radius 2 is 1.41 bits per heavy atom. The van der Waals surface area contributed by atoms with Gasteiger partial charge in [0.05, 0.1) is 0 Å². The third-order valence-corrected chi connectivity index (χ3v) is 8.69. The standard InChI is InChI=1S/C41H47F2N5O3/c1-28(27-41(2,3)44)23-38(49)47(4)37(25-30-11-14-33(15-12-30)32-9-7-6-8-10-32)40(51)48(5)36(26-31-13-16-34(42)35(43)24-31)39(50)46-22-19-29-17-20-45-21-18-29/h6-18,20-21,23-24,36-37H,19,22,25-27,44H2,1-5H3,(H,46,50)/t36-,37-/m1/s1. The second-order valence-electron chi connectivity index (χ2n) is 13.7. The van der Waals surface area contributed by atoms with Gasteiger partial charge < -0.3 is 20.9 Å². The average Bonchev–Trinajstić information content (AvgIpc) is 3.10. The lowest BCUT2D eigenvalue weighted by Crippen LogP contribution is -2.56. The first-order chi connectivity index (χ1) is 24.2. The molecule has 1 aromatic heterocycles. The Labute approximate surface area is 299 Å². The molecule has 3 aromatic carbocycles. The molecule has 0 bridgehead atoms. The van der Waals surface area contributed by atoms with Gasteiger partial charge in [-0.1, -0.05) is 66.2 Å². The van der Waals surface area contributed by atoms with E-state index in [2.05, 4.69) is 10.3 Å². The second-order valence-corrected chi connectivity index (χ2v) is 13.7. The van der Waals surface area contributed by atoms with E-state index in [1.807, 2.05) is 87.5 Å². The molecule has 0 fully saturated rings. The molecule has 10 heteroatoms. The molecule has 0 radical (unpaired) electrons. The van der Waals surface area contributed by atoms with E-state index < -0.39 is 41.1 Å². The zero-order chi connectivity index (χ0) is 37.1. The van der Waals surface area contributed by atoms with Crippen LogP contribution in [0.15, 0.2) is 109 Å². The molecule has 3 N–H and O–H groups in total. The first-order valence-corrected chi connectivity index (χ1v) is 17.0. The number of likely N-dealkylation sites (N-methyl/N-ethyl adjacent to an activating group) is 2. The van der Waals surface area contributed by atoms with E-state index in [1.165, 1.54) is 29.0 Å². The van der Waals surface area contributed by atoms with Crippen LogP contribution in [-0.2, 0) is 33.6 Å². The Hall–Kier alpha value is -5.22. The minimum absolute atomic E-state index is 0.0821. The van der Waals surface area contributed by atoms with Gasteiger partial charge in [-0.05, 0) is 85.7 Å². The number of nitrogens with one attached hydrogen (secondary N) is 1. The normalized spacial score (nSPS) is 12.9. The third kappa shape index (κ3) is 11.4. The number of nitrogens with two attached hydrogens (primary N) is 1. The van der Waals surface area contributed by atoms with Gasteiger partial charge in [-0.25, -0.2) is 8.78 Å². The van der Waals surface area contributed by atoms with E-state index in [1.54, 1.807) is 19.4 Å². The van der Waals surface area contributed by atoms with Crippen LogP contribution in [0.3, 0.4) is 0 Å². The number of benzene rings is 3. The molecule has 0 aliphatic carbocycles. The molecule has 51 heavy (non-hydrogen) atoms. The second kappa shape index (κ2) is 17.6. The van der Waals surface area contributed by atoms with Crippen LogP contribution in [0, 0.1) is 11.6 Å². The molecular weight excluding hydrogens is 648 g/mol. The highest BCUT2D eigenvalue weighted by Gasteiger charge is 2.35. The van der Waals surface area contributed by atoms with Crippen molar-refractivity contribution in [1.29, 1.82) is 0 Å². The summed E-state index contributed by atoms with van der Waals surface area (Å²) in [6.45, 7) is 5.83. The number of carbonyl (C=O) groups is 3. The number of amides is 3. The zero-order valence-electron chi connectivity index (χ0n) is 29.9. The van der Waals surface area contributed by atoms with Crippen LogP contribution in [0.2, 0.25) is 0 Å². The maximum absolute atomic E-state index is 14.5. The molecule has 0 saturated carbocycles. The number of pyridine rings is 1. The summed E-state index contributed by atoms with van der Waals surface area (Å²) in [4.78, 5) is 48.7. The SMILES string of the molecule is CC(=CC(=O)N(C)[C@H](Cc1ccc(-c2ccccc2)cc1)C(=O)N(C)[C@H](Cc1ccc(F)c(F)c1)C(=O)NCCc1ccncc1)CC(C)(C)N. The van der Waals surface area contributed by atoms with Crippen LogP contribution >= 0.6 is 0 Å². The molecule has 3 amide bonds. The van der Waals surface area contributed by atoms with E-state index in [0.29, 0.717) is 18.4 Å². The first kappa shape index (κ1) is 38.6. The van der Waals surface area contributed by atoms with Crippen molar-refractivity contribution in [3.63, 3.8) is 0 Å². The molecule has 4 rings (SSSR count). The van der Waals surface area contributed by atoms with E-state index in [9.17, 15) is 23.2 Å². The maximum atomic E-state index is 14.5. The molecule has 0 aliphatic heterocycles. The fourth-order valence-corrected chi connectivity index (χ4v) is 5.99. The summed E-state index contributed by atoms with van der Waals surface area (Å²) in [6.07, 6.45) is 5.89. The molecule has 0 unspecified atom stereocenters.